The quantitative estimate of drug-likeness (QED) is 0.387. The maximum atomic E-state index is 2.79. The van der Waals surface area contributed by atoms with Crippen LogP contribution in [-0.4, -0.2) is 12.5 Å². The lowest BCUT2D eigenvalue weighted by Gasteiger charge is -2.46. The minimum absolute atomic E-state index is 0.648. The van der Waals surface area contributed by atoms with Crippen molar-refractivity contribution in [1.82, 2.24) is 4.23 Å². The van der Waals surface area contributed by atoms with Gasteiger partial charge in [-0.25, -0.2) is 0 Å². The first-order chi connectivity index (χ1) is 12.9. The third-order valence-electron chi connectivity index (χ3n) is 6.18. The second kappa shape index (κ2) is 7.90. The Bertz CT molecular complexity index is 781. The van der Waals surface area contributed by atoms with Crippen LogP contribution in [0.25, 0.3) is 22.5 Å². The van der Waals surface area contributed by atoms with Crippen molar-refractivity contribution >= 4 is 8.24 Å². The van der Waals surface area contributed by atoms with Crippen LogP contribution in [0.1, 0.15) is 41.5 Å². The molecule has 142 valence electrons. The van der Waals surface area contributed by atoms with Gasteiger partial charge >= 0.3 is 0 Å². The lowest BCUT2D eigenvalue weighted by molar-refractivity contribution is 0.770. The van der Waals surface area contributed by atoms with Gasteiger partial charge in [0.05, 0.1) is 0 Å². The SMILES string of the molecule is CC(C)[Si](C(C)C)(C(C)C)n1c(-c2ccccc2)ccc1-c1ccccc1. The number of nitrogens with zero attached hydrogens (tertiary/aromatic N) is 1. The minimum Gasteiger partial charge on any atom is -0.367 e. The summed E-state index contributed by atoms with van der Waals surface area (Å²) in [4.78, 5) is 0. The van der Waals surface area contributed by atoms with Gasteiger partial charge in [-0.05, 0) is 39.9 Å². The standard InChI is InChI=1S/C25H33NSi/c1-19(2)27(20(3)4,21(5)6)26-24(22-13-9-7-10-14-22)17-18-25(26)23-15-11-8-12-16-23/h7-21H,1-6H3. The number of rotatable bonds is 6. The predicted octanol–water partition coefficient (Wildman–Crippen LogP) is 7.85. The summed E-state index contributed by atoms with van der Waals surface area (Å²) in [7, 11) is -1.89. The Hall–Kier alpha value is -2.06. The van der Waals surface area contributed by atoms with E-state index >= 15 is 0 Å². The van der Waals surface area contributed by atoms with Crippen LogP contribution >= 0.6 is 0 Å². The zero-order valence-corrected chi connectivity index (χ0v) is 18.6. The predicted molar refractivity (Wildman–Crippen MR) is 122 cm³/mol. The summed E-state index contributed by atoms with van der Waals surface area (Å²) < 4.78 is 2.79. The Morgan fingerprint density at radius 3 is 1.15 bits per heavy atom. The Morgan fingerprint density at radius 1 is 0.519 bits per heavy atom. The molecule has 0 spiro atoms. The Kier molecular flexibility index (Phi) is 5.76. The van der Waals surface area contributed by atoms with Crippen LogP contribution in [0.15, 0.2) is 72.8 Å². The molecule has 0 atom stereocenters. The molecule has 0 aliphatic rings. The first kappa shape index (κ1) is 19.7. The van der Waals surface area contributed by atoms with Gasteiger partial charge in [0.15, 0.2) is 8.24 Å². The highest BCUT2D eigenvalue weighted by Gasteiger charge is 2.47. The van der Waals surface area contributed by atoms with Crippen LogP contribution in [-0.2, 0) is 0 Å². The molecule has 3 aromatic rings. The molecule has 0 aliphatic carbocycles. The number of hydrogen-bond acceptors (Lipinski definition) is 0. The smallest absolute Gasteiger partial charge is 0.170 e. The fourth-order valence-electron chi connectivity index (χ4n) is 5.30. The molecule has 0 saturated carbocycles. The highest BCUT2D eigenvalue weighted by Crippen LogP contribution is 2.47. The molecule has 1 heterocycles. The van der Waals surface area contributed by atoms with E-state index in [1.807, 2.05) is 0 Å². The second-order valence-corrected chi connectivity index (χ2v) is 14.2. The fraction of sp³-hybridized carbons (Fsp3) is 0.360. The van der Waals surface area contributed by atoms with E-state index in [-0.39, 0.29) is 0 Å². The maximum absolute atomic E-state index is 2.79. The highest BCUT2D eigenvalue weighted by atomic mass is 28.3. The van der Waals surface area contributed by atoms with Gasteiger partial charge in [-0.3, -0.25) is 0 Å². The first-order valence-corrected chi connectivity index (χ1v) is 12.4. The van der Waals surface area contributed by atoms with Crippen molar-refractivity contribution in [3.63, 3.8) is 0 Å². The summed E-state index contributed by atoms with van der Waals surface area (Å²) in [6, 6.07) is 26.5. The maximum Gasteiger partial charge on any atom is 0.170 e. The summed E-state index contributed by atoms with van der Waals surface area (Å²) in [6.45, 7) is 14.6. The first-order valence-electron chi connectivity index (χ1n) is 10.2. The molecule has 1 nitrogen and oxygen atoms in total. The van der Waals surface area contributed by atoms with Crippen LogP contribution in [0, 0.1) is 0 Å². The molecule has 0 aliphatic heterocycles. The summed E-state index contributed by atoms with van der Waals surface area (Å²) in [6.07, 6.45) is 0. The lowest BCUT2D eigenvalue weighted by Crippen LogP contribution is -2.52. The van der Waals surface area contributed by atoms with Crippen molar-refractivity contribution in [2.75, 3.05) is 0 Å². The molecule has 0 amide bonds. The van der Waals surface area contributed by atoms with E-state index in [0.717, 1.165) is 0 Å². The van der Waals surface area contributed by atoms with Gasteiger partial charge < -0.3 is 4.23 Å². The largest absolute Gasteiger partial charge is 0.367 e. The van der Waals surface area contributed by atoms with Crippen molar-refractivity contribution in [3.05, 3.63) is 72.8 Å². The molecule has 0 N–H and O–H groups in total. The average Bonchev–Trinajstić information content (AvgIpc) is 3.08. The van der Waals surface area contributed by atoms with Crippen LogP contribution in [0.5, 0.6) is 0 Å². The zero-order chi connectivity index (χ0) is 19.6. The molecule has 0 saturated heterocycles. The molecule has 0 bridgehead atoms. The van der Waals surface area contributed by atoms with Crippen molar-refractivity contribution < 1.29 is 0 Å². The average molecular weight is 376 g/mol. The van der Waals surface area contributed by atoms with E-state index in [4.69, 9.17) is 0 Å². The molecule has 1 aromatic heterocycles. The van der Waals surface area contributed by atoms with E-state index in [9.17, 15) is 0 Å². The van der Waals surface area contributed by atoms with Gasteiger partial charge in [-0.15, -0.1) is 0 Å². The van der Waals surface area contributed by atoms with E-state index < -0.39 is 8.24 Å². The molecule has 3 rings (SSSR count). The number of hydrogen-bond donors (Lipinski definition) is 0. The van der Waals surface area contributed by atoms with Gasteiger partial charge in [0.1, 0.15) is 0 Å². The van der Waals surface area contributed by atoms with Crippen LogP contribution < -0.4 is 0 Å². The molecule has 0 fully saturated rings. The van der Waals surface area contributed by atoms with Gasteiger partial charge in [-0.2, -0.15) is 0 Å². The molecule has 2 heteroatoms. The summed E-state index contributed by atoms with van der Waals surface area (Å²) in [5.41, 5.74) is 7.32. The Morgan fingerprint density at radius 2 is 0.852 bits per heavy atom. The Balaban J connectivity index is 2.39. The fourth-order valence-corrected chi connectivity index (χ4v) is 12.1. The van der Waals surface area contributed by atoms with Gasteiger partial charge in [-0.1, -0.05) is 102 Å². The summed E-state index contributed by atoms with van der Waals surface area (Å²) in [5, 5.41) is 0. The topological polar surface area (TPSA) is 4.93 Å². The van der Waals surface area contributed by atoms with Crippen LogP contribution in [0.4, 0.5) is 0 Å². The molecular weight excluding hydrogens is 342 g/mol. The lowest BCUT2D eigenvalue weighted by atomic mass is 10.2. The zero-order valence-electron chi connectivity index (χ0n) is 17.6. The van der Waals surface area contributed by atoms with Gasteiger partial charge in [0.2, 0.25) is 0 Å². The van der Waals surface area contributed by atoms with E-state index in [0.29, 0.717) is 16.6 Å². The monoisotopic (exact) mass is 375 g/mol. The normalized spacial score (nSPS) is 12.3. The molecule has 0 unspecified atom stereocenters. The van der Waals surface area contributed by atoms with Crippen LogP contribution in [0.2, 0.25) is 16.6 Å². The Labute approximate surface area is 166 Å². The summed E-state index contributed by atoms with van der Waals surface area (Å²) >= 11 is 0. The molecule has 2 aromatic carbocycles. The van der Waals surface area contributed by atoms with Crippen molar-refractivity contribution in [2.24, 2.45) is 0 Å². The third kappa shape index (κ3) is 3.32. The van der Waals surface area contributed by atoms with Gasteiger partial charge in [0.25, 0.3) is 0 Å². The molecule has 27 heavy (non-hydrogen) atoms. The number of benzene rings is 2. The molecule has 0 radical (unpaired) electrons. The van der Waals surface area contributed by atoms with E-state index in [1.54, 1.807) is 0 Å². The van der Waals surface area contributed by atoms with Gasteiger partial charge in [0, 0.05) is 11.4 Å². The third-order valence-corrected chi connectivity index (χ3v) is 13.0. The van der Waals surface area contributed by atoms with Crippen molar-refractivity contribution in [3.8, 4) is 22.5 Å². The summed E-state index contributed by atoms with van der Waals surface area (Å²) in [5.74, 6) is 0. The highest BCUT2D eigenvalue weighted by molar-refractivity contribution is 6.82. The van der Waals surface area contributed by atoms with Crippen molar-refractivity contribution in [1.29, 1.82) is 0 Å². The van der Waals surface area contributed by atoms with E-state index in [2.05, 4.69) is 119 Å². The molecular formula is C25H33NSi. The van der Waals surface area contributed by atoms with Crippen LogP contribution in [0.3, 0.4) is 0 Å². The minimum atomic E-state index is -1.89. The second-order valence-electron chi connectivity index (χ2n) is 8.52. The van der Waals surface area contributed by atoms with Crippen molar-refractivity contribution in [2.45, 2.75) is 58.2 Å². The van der Waals surface area contributed by atoms with E-state index in [1.165, 1.54) is 22.5 Å². The number of aromatic nitrogens is 1.